The summed E-state index contributed by atoms with van der Waals surface area (Å²) >= 11 is 2.97. The molecule has 0 atom stereocenters. The molecule has 1 aromatic carbocycles. The van der Waals surface area contributed by atoms with Gasteiger partial charge in [-0.15, -0.1) is 0 Å². The minimum Gasteiger partial charge on any atom is -0.508 e. The van der Waals surface area contributed by atoms with Crippen molar-refractivity contribution in [2.45, 2.75) is 0 Å². The van der Waals surface area contributed by atoms with Crippen LogP contribution in [0.2, 0.25) is 0 Å². The van der Waals surface area contributed by atoms with Gasteiger partial charge in [-0.25, -0.2) is 4.79 Å². The maximum absolute atomic E-state index is 11.0. The molecule has 0 radical (unpaired) electrons. The van der Waals surface area contributed by atoms with Gasteiger partial charge in [-0.05, 0) is 34.1 Å². The summed E-state index contributed by atoms with van der Waals surface area (Å²) in [7, 11) is 0. The van der Waals surface area contributed by atoms with E-state index in [4.69, 9.17) is 10.2 Å². The fourth-order valence-electron chi connectivity index (χ4n) is 0.803. The Kier molecular flexibility index (Phi) is 2.67. The number of aliphatic carboxylic acids is 1. The van der Waals surface area contributed by atoms with Gasteiger partial charge in [-0.1, -0.05) is 0 Å². The van der Waals surface area contributed by atoms with E-state index in [0.717, 1.165) is 0 Å². The Morgan fingerprint density at radius 3 is 2.38 bits per heavy atom. The number of benzene rings is 1. The van der Waals surface area contributed by atoms with Crippen LogP contribution in [0.1, 0.15) is 10.4 Å². The van der Waals surface area contributed by atoms with Crippen molar-refractivity contribution in [1.29, 1.82) is 0 Å². The van der Waals surface area contributed by atoms with Crippen molar-refractivity contribution in [2.75, 3.05) is 0 Å². The van der Waals surface area contributed by atoms with E-state index in [1.807, 2.05) is 0 Å². The number of phenolic OH excluding ortho intramolecular Hbond substituents is 1. The summed E-state index contributed by atoms with van der Waals surface area (Å²) < 4.78 is 0.264. The summed E-state index contributed by atoms with van der Waals surface area (Å²) in [5.41, 5.74) is 0.0188. The Labute approximate surface area is 81.9 Å². The lowest BCUT2D eigenvalue weighted by atomic mass is 10.1. The van der Waals surface area contributed by atoms with E-state index in [-0.39, 0.29) is 15.8 Å². The molecule has 4 nitrogen and oxygen atoms in total. The van der Waals surface area contributed by atoms with Crippen molar-refractivity contribution < 1.29 is 19.8 Å². The molecule has 0 spiro atoms. The predicted octanol–water partition coefficient (Wildman–Crippen LogP) is 1.42. The van der Waals surface area contributed by atoms with Gasteiger partial charge in [0.2, 0.25) is 0 Å². The highest BCUT2D eigenvalue weighted by molar-refractivity contribution is 9.10. The van der Waals surface area contributed by atoms with Crippen molar-refractivity contribution in [2.24, 2.45) is 0 Å². The van der Waals surface area contributed by atoms with E-state index in [1.165, 1.54) is 18.2 Å². The Balaban J connectivity index is 3.16. The molecule has 5 heteroatoms. The molecule has 0 unspecified atom stereocenters. The zero-order valence-corrected chi connectivity index (χ0v) is 7.91. The molecule has 0 aliphatic carbocycles. The van der Waals surface area contributed by atoms with Crippen LogP contribution in [0.15, 0.2) is 22.7 Å². The minimum atomic E-state index is -1.52. The smallest absolute Gasteiger partial charge is 0.377 e. The minimum absolute atomic E-state index is 0.0188. The van der Waals surface area contributed by atoms with Crippen LogP contribution in [0.4, 0.5) is 0 Å². The van der Waals surface area contributed by atoms with Gasteiger partial charge < -0.3 is 10.2 Å². The maximum atomic E-state index is 11.0. The number of hydrogen-bond donors (Lipinski definition) is 2. The molecule has 0 fully saturated rings. The number of aromatic hydroxyl groups is 1. The average Bonchev–Trinajstić information content (AvgIpc) is 2.03. The van der Waals surface area contributed by atoms with Crippen LogP contribution in [-0.2, 0) is 4.79 Å². The lowest BCUT2D eigenvalue weighted by Gasteiger charge is -1.99. The molecule has 68 valence electrons. The number of carboxylic acid groups (broad SMARTS) is 1. The second-order valence-electron chi connectivity index (χ2n) is 2.30. The van der Waals surface area contributed by atoms with Gasteiger partial charge in [0.15, 0.2) is 0 Å². The second-order valence-corrected chi connectivity index (χ2v) is 3.15. The number of halogens is 1. The molecule has 1 rings (SSSR count). The summed E-state index contributed by atoms with van der Waals surface area (Å²) in [6.07, 6.45) is 0. The fourth-order valence-corrected chi connectivity index (χ4v) is 1.35. The quantitative estimate of drug-likeness (QED) is 0.610. The third kappa shape index (κ3) is 2.06. The first-order valence-electron chi connectivity index (χ1n) is 3.28. The molecule has 0 heterocycles. The van der Waals surface area contributed by atoms with Crippen molar-refractivity contribution in [3.63, 3.8) is 0 Å². The predicted molar refractivity (Wildman–Crippen MR) is 47.8 cm³/mol. The molecular formula is C8H5BrO4. The first kappa shape index (κ1) is 9.73. The zero-order valence-electron chi connectivity index (χ0n) is 6.32. The van der Waals surface area contributed by atoms with Gasteiger partial charge in [-0.3, -0.25) is 4.79 Å². The Hall–Kier alpha value is -1.36. The highest BCUT2D eigenvalue weighted by atomic mass is 79.9. The fraction of sp³-hybridized carbons (Fsp3) is 0. The highest BCUT2D eigenvalue weighted by Gasteiger charge is 2.17. The van der Waals surface area contributed by atoms with Crippen LogP contribution in [0, 0.1) is 0 Å². The standard InChI is InChI=1S/C8H5BrO4/c9-6-3-4(10)1-2-5(6)7(11)8(12)13/h1-3,10H,(H,12,13). The summed E-state index contributed by atoms with van der Waals surface area (Å²) in [4.78, 5) is 21.3. The van der Waals surface area contributed by atoms with E-state index in [9.17, 15) is 9.59 Å². The third-order valence-corrected chi connectivity index (χ3v) is 2.05. The summed E-state index contributed by atoms with van der Waals surface area (Å²) in [6, 6.07) is 3.76. The molecule has 13 heavy (non-hydrogen) atoms. The monoisotopic (exact) mass is 244 g/mol. The molecule has 0 aromatic heterocycles. The largest absolute Gasteiger partial charge is 0.508 e. The lowest BCUT2D eigenvalue weighted by Crippen LogP contribution is -2.12. The third-order valence-electron chi connectivity index (χ3n) is 1.39. The van der Waals surface area contributed by atoms with Crippen LogP contribution in [0.25, 0.3) is 0 Å². The van der Waals surface area contributed by atoms with Gasteiger partial charge in [0, 0.05) is 10.0 Å². The van der Waals surface area contributed by atoms with Gasteiger partial charge in [0.05, 0.1) is 0 Å². The van der Waals surface area contributed by atoms with E-state index in [0.29, 0.717) is 0 Å². The molecule has 0 saturated heterocycles. The average molecular weight is 245 g/mol. The molecule has 0 bridgehead atoms. The molecular weight excluding hydrogens is 240 g/mol. The molecule has 0 aliphatic rings. The van der Waals surface area contributed by atoms with Crippen LogP contribution >= 0.6 is 15.9 Å². The number of carboxylic acids is 1. The van der Waals surface area contributed by atoms with Gasteiger partial charge in [0.1, 0.15) is 5.75 Å². The number of carbonyl (C=O) groups excluding carboxylic acids is 1. The van der Waals surface area contributed by atoms with Crippen LogP contribution < -0.4 is 0 Å². The SMILES string of the molecule is O=C(O)C(=O)c1ccc(O)cc1Br. The molecule has 0 aliphatic heterocycles. The van der Waals surface area contributed by atoms with E-state index in [1.54, 1.807) is 0 Å². The van der Waals surface area contributed by atoms with Crippen molar-refractivity contribution in [1.82, 2.24) is 0 Å². The maximum Gasteiger partial charge on any atom is 0.377 e. The number of rotatable bonds is 2. The second kappa shape index (κ2) is 3.57. The van der Waals surface area contributed by atoms with Gasteiger partial charge in [0.25, 0.3) is 5.78 Å². The van der Waals surface area contributed by atoms with Crippen molar-refractivity contribution in [3.05, 3.63) is 28.2 Å². The normalized spacial score (nSPS) is 9.62. The molecule has 2 N–H and O–H groups in total. The van der Waals surface area contributed by atoms with Crippen LogP contribution in [0.5, 0.6) is 5.75 Å². The number of phenols is 1. The number of carbonyl (C=O) groups is 2. The summed E-state index contributed by atoms with van der Waals surface area (Å²) in [5, 5.41) is 17.4. The zero-order chi connectivity index (χ0) is 10.0. The Bertz CT molecular complexity index is 372. The van der Waals surface area contributed by atoms with E-state index in [2.05, 4.69) is 15.9 Å². The lowest BCUT2D eigenvalue weighted by molar-refractivity contribution is -0.131. The number of Topliss-reactive ketones (excluding diaryl/α,β-unsaturated/α-hetero) is 1. The van der Waals surface area contributed by atoms with Gasteiger partial charge in [-0.2, -0.15) is 0 Å². The number of ketones is 1. The summed E-state index contributed by atoms with van der Waals surface area (Å²) in [6.45, 7) is 0. The molecule has 0 saturated carbocycles. The highest BCUT2D eigenvalue weighted by Crippen LogP contribution is 2.22. The first-order valence-corrected chi connectivity index (χ1v) is 4.08. The Morgan fingerprint density at radius 1 is 1.31 bits per heavy atom. The van der Waals surface area contributed by atoms with Crippen molar-refractivity contribution in [3.8, 4) is 5.75 Å². The first-order chi connectivity index (χ1) is 6.02. The summed E-state index contributed by atoms with van der Waals surface area (Å²) in [5.74, 6) is -2.56. The topological polar surface area (TPSA) is 74.6 Å². The molecule has 1 aromatic rings. The van der Waals surface area contributed by atoms with Crippen LogP contribution in [-0.4, -0.2) is 22.0 Å². The van der Waals surface area contributed by atoms with E-state index < -0.39 is 11.8 Å². The van der Waals surface area contributed by atoms with E-state index >= 15 is 0 Å². The van der Waals surface area contributed by atoms with Gasteiger partial charge >= 0.3 is 5.97 Å². The van der Waals surface area contributed by atoms with Crippen LogP contribution in [0.3, 0.4) is 0 Å². The molecule has 0 amide bonds. The Morgan fingerprint density at radius 2 is 1.92 bits per heavy atom. The number of hydrogen-bond acceptors (Lipinski definition) is 3. The van der Waals surface area contributed by atoms with Crippen molar-refractivity contribution >= 4 is 27.7 Å².